The number of nitrogens with zero attached hydrogens (tertiary/aromatic N) is 2. The maximum absolute atomic E-state index is 12.4. The third-order valence-electron chi connectivity index (χ3n) is 3.87. The number of carbonyl (C=O) groups is 2. The first-order valence-electron chi connectivity index (χ1n) is 6.67. The van der Waals surface area contributed by atoms with Crippen LogP contribution in [0.4, 0.5) is 0 Å². The molecule has 0 atom stereocenters. The van der Waals surface area contributed by atoms with Crippen LogP contribution in [0.1, 0.15) is 23.2 Å². The molecule has 2 heterocycles. The lowest BCUT2D eigenvalue weighted by Crippen LogP contribution is -2.41. The molecule has 0 bridgehead atoms. The number of hydrogen-bond donors (Lipinski definition) is 2. The van der Waals surface area contributed by atoms with Crippen LogP contribution in [-0.2, 0) is 4.79 Å². The Morgan fingerprint density at radius 2 is 2.05 bits per heavy atom. The first kappa shape index (κ1) is 12.7. The molecule has 0 radical (unpaired) electrons. The Morgan fingerprint density at radius 3 is 2.75 bits per heavy atom. The lowest BCUT2D eigenvalue weighted by molar-refractivity contribution is -0.123. The number of aromatic nitrogens is 2. The normalized spacial score (nSPS) is 16.5. The van der Waals surface area contributed by atoms with Crippen LogP contribution >= 0.6 is 0 Å². The largest absolute Gasteiger partial charge is 0.369 e. The number of nitrogens with one attached hydrogen (secondary N) is 1. The molecule has 2 amide bonds. The molecular formula is C14H16N4O2. The van der Waals surface area contributed by atoms with E-state index in [1.807, 2.05) is 12.1 Å². The van der Waals surface area contributed by atoms with Gasteiger partial charge in [0, 0.05) is 30.0 Å². The minimum Gasteiger partial charge on any atom is -0.369 e. The van der Waals surface area contributed by atoms with Gasteiger partial charge in [-0.2, -0.15) is 5.10 Å². The number of aromatic amines is 1. The zero-order valence-electron chi connectivity index (χ0n) is 11.0. The SMILES string of the molecule is NC(=O)C1CCN(C(=O)c2ccc3[nH]ncc3c2)CC1. The summed E-state index contributed by atoms with van der Waals surface area (Å²) in [5.41, 5.74) is 6.86. The van der Waals surface area contributed by atoms with E-state index in [0.717, 1.165) is 10.9 Å². The topological polar surface area (TPSA) is 92.1 Å². The molecule has 6 nitrogen and oxygen atoms in total. The number of hydrogen-bond acceptors (Lipinski definition) is 3. The van der Waals surface area contributed by atoms with Crippen LogP contribution in [-0.4, -0.2) is 40.0 Å². The third kappa shape index (κ3) is 2.24. The third-order valence-corrected chi connectivity index (χ3v) is 3.87. The van der Waals surface area contributed by atoms with Gasteiger partial charge < -0.3 is 10.6 Å². The van der Waals surface area contributed by atoms with Gasteiger partial charge in [-0.3, -0.25) is 14.7 Å². The number of carbonyl (C=O) groups excluding carboxylic acids is 2. The van der Waals surface area contributed by atoms with E-state index < -0.39 is 0 Å². The van der Waals surface area contributed by atoms with Gasteiger partial charge in [0.1, 0.15) is 0 Å². The molecule has 1 fully saturated rings. The Kier molecular flexibility index (Phi) is 3.14. The first-order chi connectivity index (χ1) is 9.65. The summed E-state index contributed by atoms with van der Waals surface area (Å²) in [5.74, 6) is -0.372. The number of amides is 2. The molecule has 1 aromatic heterocycles. The summed E-state index contributed by atoms with van der Waals surface area (Å²) in [6, 6.07) is 5.48. The Balaban J connectivity index is 1.74. The minimum atomic E-state index is -0.267. The van der Waals surface area contributed by atoms with Crippen molar-refractivity contribution in [3.05, 3.63) is 30.0 Å². The average molecular weight is 272 g/mol. The highest BCUT2D eigenvalue weighted by Gasteiger charge is 2.26. The molecule has 3 rings (SSSR count). The highest BCUT2D eigenvalue weighted by molar-refractivity contribution is 5.98. The Hall–Kier alpha value is -2.37. The highest BCUT2D eigenvalue weighted by Crippen LogP contribution is 2.20. The number of benzene rings is 1. The van der Waals surface area contributed by atoms with Gasteiger partial charge in [0.2, 0.25) is 5.91 Å². The summed E-state index contributed by atoms with van der Waals surface area (Å²) in [5, 5.41) is 7.72. The molecule has 3 N–H and O–H groups in total. The maximum Gasteiger partial charge on any atom is 0.253 e. The van der Waals surface area contributed by atoms with Crippen molar-refractivity contribution in [2.75, 3.05) is 13.1 Å². The van der Waals surface area contributed by atoms with Crippen molar-refractivity contribution in [3.63, 3.8) is 0 Å². The fourth-order valence-electron chi connectivity index (χ4n) is 2.63. The van der Waals surface area contributed by atoms with Crippen LogP contribution in [0.3, 0.4) is 0 Å². The summed E-state index contributed by atoms with van der Waals surface area (Å²) in [6.45, 7) is 1.16. The molecule has 0 saturated carbocycles. The number of H-pyrrole nitrogens is 1. The van der Waals surface area contributed by atoms with Crippen LogP contribution in [0, 0.1) is 5.92 Å². The number of piperidine rings is 1. The minimum absolute atomic E-state index is 0.00368. The molecule has 1 aliphatic rings. The number of rotatable bonds is 2. The second-order valence-corrected chi connectivity index (χ2v) is 5.14. The van der Waals surface area contributed by atoms with E-state index in [1.165, 1.54) is 0 Å². The van der Waals surface area contributed by atoms with E-state index in [4.69, 9.17) is 5.73 Å². The summed E-state index contributed by atoms with van der Waals surface area (Å²) >= 11 is 0. The smallest absolute Gasteiger partial charge is 0.253 e. The second kappa shape index (κ2) is 4.96. The van der Waals surface area contributed by atoms with Crippen LogP contribution in [0.5, 0.6) is 0 Å². The summed E-state index contributed by atoms with van der Waals surface area (Å²) in [6.07, 6.45) is 3.00. The van der Waals surface area contributed by atoms with E-state index in [-0.39, 0.29) is 17.7 Å². The molecule has 20 heavy (non-hydrogen) atoms. The van der Waals surface area contributed by atoms with Gasteiger partial charge in [0.05, 0.1) is 11.7 Å². The fourth-order valence-corrected chi connectivity index (χ4v) is 2.63. The zero-order chi connectivity index (χ0) is 14.1. The van der Waals surface area contributed by atoms with Gasteiger partial charge in [-0.05, 0) is 31.0 Å². The predicted molar refractivity (Wildman–Crippen MR) is 73.9 cm³/mol. The van der Waals surface area contributed by atoms with Crippen molar-refractivity contribution in [2.45, 2.75) is 12.8 Å². The fraction of sp³-hybridized carbons (Fsp3) is 0.357. The van der Waals surface area contributed by atoms with Crippen molar-refractivity contribution < 1.29 is 9.59 Å². The monoisotopic (exact) mass is 272 g/mol. The van der Waals surface area contributed by atoms with Crippen molar-refractivity contribution in [1.82, 2.24) is 15.1 Å². The number of fused-ring (bicyclic) bond motifs is 1. The van der Waals surface area contributed by atoms with Crippen molar-refractivity contribution in [2.24, 2.45) is 11.7 Å². The zero-order valence-corrected chi connectivity index (χ0v) is 11.0. The quantitative estimate of drug-likeness (QED) is 0.850. The molecule has 1 saturated heterocycles. The molecule has 1 aliphatic heterocycles. The van der Waals surface area contributed by atoms with Gasteiger partial charge in [-0.1, -0.05) is 0 Å². The summed E-state index contributed by atoms with van der Waals surface area (Å²) in [4.78, 5) is 25.3. The lowest BCUT2D eigenvalue weighted by atomic mass is 9.96. The molecular weight excluding hydrogens is 256 g/mol. The second-order valence-electron chi connectivity index (χ2n) is 5.14. The van der Waals surface area contributed by atoms with Crippen LogP contribution < -0.4 is 5.73 Å². The molecule has 0 aliphatic carbocycles. The van der Waals surface area contributed by atoms with Crippen molar-refractivity contribution in [3.8, 4) is 0 Å². The summed E-state index contributed by atoms with van der Waals surface area (Å²) in [7, 11) is 0. The maximum atomic E-state index is 12.4. The standard InChI is InChI=1S/C14H16N4O2/c15-13(19)9-3-5-18(6-4-9)14(20)10-1-2-12-11(7-10)8-16-17-12/h1-2,7-9H,3-6H2,(H2,15,19)(H,16,17). The number of primary amides is 1. The first-order valence-corrected chi connectivity index (χ1v) is 6.67. The Labute approximate surface area is 115 Å². The van der Waals surface area contributed by atoms with Crippen molar-refractivity contribution in [1.29, 1.82) is 0 Å². The average Bonchev–Trinajstić information content (AvgIpc) is 2.94. The van der Waals surface area contributed by atoms with Crippen LogP contribution in [0.15, 0.2) is 24.4 Å². The van der Waals surface area contributed by atoms with Gasteiger partial charge in [0.15, 0.2) is 0 Å². The van der Waals surface area contributed by atoms with E-state index >= 15 is 0 Å². The highest BCUT2D eigenvalue weighted by atomic mass is 16.2. The molecule has 1 aromatic carbocycles. The van der Waals surface area contributed by atoms with Crippen LogP contribution in [0.2, 0.25) is 0 Å². The van der Waals surface area contributed by atoms with E-state index in [9.17, 15) is 9.59 Å². The number of nitrogens with two attached hydrogens (primary N) is 1. The summed E-state index contributed by atoms with van der Waals surface area (Å²) < 4.78 is 0. The molecule has 0 spiro atoms. The predicted octanol–water partition coefficient (Wildman–Crippen LogP) is 0.900. The van der Waals surface area contributed by atoms with E-state index in [1.54, 1.807) is 17.2 Å². The van der Waals surface area contributed by atoms with Crippen molar-refractivity contribution >= 4 is 22.7 Å². The van der Waals surface area contributed by atoms with Gasteiger partial charge in [-0.15, -0.1) is 0 Å². The van der Waals surface area contributed by atoms with Crippen LogP contribution in [0.25, 0.3) is 10.9 Å². The molecule has 2 aromatic rings. The van der Waals surface area contributed by atoms with E-state index in [2.05, 4.69) is 10.2 Å². The van der Waals surface area contributed by atoms with E-state index in [0.29, 0.717) is 31.5 Å². The van der Waals surface area contributed by atoms with Gasteiger partial charge >= 0.3 is 0 Å². The Morgan fingerprint density at radius 1 is 1.30 bits per heavy atom. The molecule has 0 unspecified atom stereocenters. The van der Waals surface area contributed by atoms with Gasteiger partial charge in [0.25, 0.3) is 5.91 Å². The lowest BCUT2D eigenvalue weighted by Gasteiger charge is -2.30. The molecule has 104 valence electrons. The number of likely N-dealkylation sites (tertiary alicyclic amines) is 1. The van der Waals surface area contributed by atoms with Gasteiger partial charge in [-0.25, -0.2) is 0 Å². The Bertz CT molecular complexity index is 656. The molecule has 6 heteroatoms.